The molecule has 2 aromatic carbocycles. The van der Waals surface area contributed by atoms with Crippen LogP contribution < -0.4 is 5.32 Å². The van der Waals surface area contributed by atoms with Gasteiger partial charge in [0.25, 0.3) is 0 Å². The molecule has 0 radical (unpaired) electrons. The molecule has 1 aliphatic heterocycles. The van der Waals surface area contributed by atoms with Crippen molar-refractivity contribution in [2.75, 3.05) is 19.6 Å². The zero-order valence-electron chi connectivity index (χ0n) is 19.5. The number of sulfonamides is 1. The van der Waals surface area contributed by atoms with Crippen LogP contribution in [-0.2, 0) is 27.7 Å². The van der Waals surface area contributed by atoms with Gasteiger partial charge in [-0.2, -0.15) is 4.31 Å². The Labute approximate surface area is 206 Å². The first-order valence-corrected chi connectivity index (χ1v) is 14.1. The standard InChI is InChI=1S/C26H31N3O3S2/c1-20-28-25(19-33-20)23-10-5-22(6-11-23)15-16-27-26(30)14-9-21-7-12-24(13-8-21)34(31,32)29-17-3-2-4-18-29/h5-8,10-13,19H,2-4,9,14-18H2,1H3,(H,27,30). The lowest BCUT2D eigenvalue weighted by molar-refractivity contribution is -0.121. The van der Waals surface area contributed by atoms with Gasteiger partial charge >= 0.3 is 0 Å². The normalized spacial score (nSPS) is 14.7. The number of benzene rings is 2. The van der Waals surface area contributed by atoms with Crippen molar-refractivity contribution in [2.45, 2.75) is 50.3 Å². The summed E-state index contributed by atoms with van der Waals surface area (Å²) >= 11 is 1.64. The van der Waals surface area contributed by atoms with Crippen LogP contribution in [0.2, 0.25) is 0 Å². The van der Waals surface area contributed by atoms with E-state index in [0.717, 1.165) is 47.5 Å². The van der Waals surface area contributed by atoms with Crippen molar-refractivity contribution in [3.8, 4) is 11.3 Å². The number of thiazole rings is 1. The Kier molecular flexibility index (Phi) is 8.13. The average molecular weight is 498 g/mol. The summed E-state index contributed by atoms with van der Waals surface area (Å²) in [5.41, 5.74) is 4.23. The fraction of sp³-hybridized carbons (Fsp3) is 0.385. The van der Waals surface area contributed by atoms with E-state index in [-0.39, 0.29) is 5.91 Å². The van der Waals surface area contributed by atoms with E-state index in [0.29, 0.717) is 37.4 Å². The third-order valence-electron chi connectivity index (χ3n) is 6.12. The molecule has 0 atom stereocenters. The van der Waals surface area contributed by atoms with Gasteiger partial charge in [0.05, 0.1) is 15.6 Å². The first-order chi connectivity index (χ1) is 16.4. The molecule has 2 heterocycles. The van der Waals surface area contributed by atoms with Gasteiger partial charge in [-0.05, 0) is 55.9 Å². The molecule has 6 nitrogen and oxygen atoms in total. The second-order valence-electron chi connectivity index (χ2n) is 8.66. The van der Waals surface area contributed by atoms with Crippen LogP contribution in [0.3, 0.4) is 0 Å². The van der Waals surface area contributed by atoms with Crippen molar-refractivity contribution in [1.29, 1.82) is 0 Å². The maximum atomic E-state index is 12.8. The minimum Gasteiger partial charge on any atom is -0.356 e. The number of aromatic nitrogens is 1. The lowest BCUT2D eigenvalue weighted by atomic mass is 10.1. The molecule has 0 aliphatic carbocycles. The van der Waals surface area contributed by atoms with E-state index < -0.39 is 10.0 Å². The number of carbonyl (C=O) groups excluding carboxylic acids is 1. The molecule has 4 rings (SSSR count). The number of carbonyl (C=O) groups is 1. The Hall–Kier alpha value is -2.55. The summed E-state index contributed by atoms with van der Waals surface area (Å²) in [6, 6.07) is 15.2. The van der Waals surface area contributed by atoms with Crippen LogP contribution in [0.15, 0.2) is 58.8 Å². The highest BCUT2D eigenvalue weighted by Gasteiger charge is 2.25. The summed E-state index contributed by atoms with van der Waals surface area (Å²) in [7, 11) is -3.41. The number of hydrogen-bond donors (Lipinski definition) is 1. The number of piperidine rings is 1. The van der Waals surface area contributed by atoms with E-state index in [2.05, 4.69) is 39.9 Å². The Bertz CT molecular complexity index is 1200. The van der Waals surface area contributed by atoms with E-state index >= 15 is 0 Å². The largest absolute Gasteiger partial charge is 0.356 e. The number of nitrogens with one attached hydrogen (secondary N) is 1. The predicted octanol–water partition coefficient (Wildman–Crippen LogP) is 4.58. The molecule has 1 N–H and O–H groups in total. The lowest BCUT2D eigenvalue weighted by Gasteiger charge is -2.25. The van der Waals surface area contributed by atoms with E-state index in [1.54, 1.807) is 27.8 Å². The van der Waals surface area contributed by atoms with Gasteiger partial charge in [0.2, 0.25) is 15.9 Å². The molecule has 0 saturated carbocycles. The van der Waals surface area contributed by atoms with Crippen LogP contribution in [0.4, 0.5) is 0 Å². The van der Waals surface area contributed by atoms with E-state index in [1.807, 2.05) is 19.1 Å². The van der Waals surface area contributed by atoms with Crippen molar-refractivity contribution in [3.05, 3.63) is 70.0 Å². The minimum absolute atomic E-state index is 0.000386. The van der Waals surface area contributed by atoms with Crippen LogP contribution in [0.5, 0.6) is 0 Å². The summed E-state index contributed by atoms with van der Waals surface area (Å²) in [6.45, 7) is 3.78. The molecule has 8 heteroatoms. The molecule has 1 aromatic heterocycles. The van der Waals surface area contributed by atoms with Crippen LogP contribution in [-0.4, -0.2) is 43.2 Å². The van der Waals surface area contributed by atoms with Crippen LogP contribution >= 0.6 is 11.3 Å². The highest BCUT2D eigenvalue weighted by Crippen LogP contribution is 2.22. The minimum atomic E-state index is -3.41. The smallest absolute Gasteiger partial charge is 0.243 e. The van der Waals surface area contributed by atoms with Crippen molar-refractivity contribution < 1.29 is 13.2 Å². The summed E-state index contributed by atoms with van der Waals surface area (Å²) in [4.78, 5) is 17.1. The molecule has 1 aliphatic rings. The van der Waals surface area contributed by atoms with Crippen LogP contribution in [0.1, 0.15) is 41.8 Å². The highest BCUT2D eigenvalue weighted by atomic mass is 32.2. The number of nitrogens with zero attached hydrogens (tertiary/aromatic N) is 2. The fourth-order valence-corrected chi connectivity index (χ4v) is 6.25. The topological polar surface area (TPSA) is 79.4 Å². The maximum Gasteiger partial charge on any atom is 0.243 e. The van der Waals surface area contributed by atoms with Gasteiger partial charge in [-0.1, -0.05) is 42.8 Å². The summed E-state index contributed by atoms with van der Waals surface area (Å²) in [6.07, 6.45) is 4.66. The fourth-order valence-electron chi connectivity index (χ4n) is 4.11. The van der Waals surface area contributed by atoms with E-state index in [4.69, 9.17) is 0 Å². The number of rotatable bonds is 9. The second-order valence-corrected chi connectivity index (χ2v) is 11.7. The first-order valence-electron chi connectivity index (χ1n) is 11.8. The number of amides is 1. The Balaban J connectivity index is 1.20. The molecule has 180 valence electrons. The van der Waals surface area contributed by atoms with Crippen LogP contribution in [0, 0.1) is 6.92 Å². The van der Waals surface area contributed by atoms with Crippen molar-refractivity contribution in [1.82, 2.24) is 14.6 Å². The van der Waals surface area contributed by atoms with Gasteiger partial charge in [-0.3, -0.25) is 4.79 Å². The maximum absolute atomic E-state index is 12.8. The molecule has 1 amide bonds. The molecule has 34 heavy (non-hydrogen) atoms. The zero-order valence-corrected chi connectivity index (χ0v) is 21.1. The Morgan fingerprint density at radius 1 is 0.971 bits per heavy atom. The molecular formula is C26H31N3O3S2. The van der Waals surface area contributed by atoms with Crippen LogP contribution in [0.25, 0.3) is 11.3 Å². The summed E-state index contributed by atoms with van der Waals surface area (Å²) in [5.74, 6) is -0.000386. The molecule has 0 bridgehead atoms. The quantitative estimate of drug-likeness (QED) is 0.469. The number of hydrogen-bond acceptors (Lipinski definition) is 5. The second kappa shape index (κ2) is 11.3. The van der Waals surface area contributed by atoms with E-state index in [9.17, 15) is 13.2 Å². The van der Waals surface area contributed by atoms with Crippen molar-refractivity contribution in [3.63, 3.8) is 0 Å². The van der Waals surface area contributed by atoms with Crippen molar-refractivity contribution >= 4 is 27.3 Å². The summed E-state index contributed by atoms with van der Waals surface area (Å²) in [5, 5.41) is 6.09. The molecule has 3 aromatic rings. The van der Waals surface area contributed by atoms with Crippen molar-refractivity contribution in [2.24, 2.45) is 0 Å². The Morgan fingerprint density at radius 2 is 1.62 bits per heavy atom. The van der Waals surface area contributed by atoms with Gasteiger partial charge in [0.1, 0.15) is 0 Å². The lowest BCUT2D eigenvalue weighted by Crippen LogP contribution is -2.35. The third-order valence-corrected chi connectivity index (χ3v) is 8.81. The molecule has 1 saturated heterocycles. The predicted molar refractivity (Wildman–Crippen MR) is 136 cm³/mol. The monoisotopic (exact) mass is 497 g/mol. The third kappa shape index (κ3) is 6.31. The Morgan fingerprint density at radius 3 is 2.26 bits per heavy atom. The molecule has 1 fully saturated rings. The highest BCUT2D eigenvalue weighted by molar-refractivity contribution is 7.89. The number of aryl methyl sites for hydroxylation is 2. The summed E-state index contributed by atoms with van der Waals surface area (Å²) < 4.78 is 27.1. The molecule has 0 unspecified atom stereocenters. The van der Waals surface area contributed by atoms with Gasteiger partial charge < -0.3 is 5.32 Å². The van der Waals surface area contributed by atoms with Gasteiger partial charge in [0.15, 0.2) is 0 Å². The van der Waals surface area contributed by atoms with Gasteiger partial charge in [-0.15, -0.1) is 11.3 Å². The zero-order chi connectivity index (χ0) is 24.0. The van der Waals surface area contributed by atoms with Gasteiger partial charge in [-0.25, -0.2) is 13.4 Å². The average Bonchev–Trinajstić information content (AvgIpc) is 3.30. The molecule has 0 spiro atoms. The first kappa shape index (κ1) is 24.6. The van der Waals surface area contributed by atoms with E-state index in [1.165, 1.54) is 5.56 Å². The molecular weight excluding hydrogens is 466 g/mol. The van der Waals surface area contributed by atoms with Gasteiger partial charge in [0, 0.05) is 37.0 Å². The SMILES string of the molecule is Cc1nc(-c2ccc(CCNC(=O)CCc3ccc(S(=O)(=O)N4CCCCC4)cc3)cc2)cs1.